The molecule has 2 heterocycles. The fraction of sp³-hybridized carbons (Fsp3) is 0.476. The van der Waals surface area contributed by atoms with Crippen LogP contribution < -0.4 is 37.1 Å². The molecular weight excluding hydrogens is 447 g/mol. The third-order valence-corrected chi connectivity index (χ3v) is 5.37. The summed E-state index contributed by atoms with van der Waals surface area (Å²) in [6.45, 7) is 3.47. The van der Waals surface area contributed by atoms with Gasteiger partial charge in [-0.2, -0.15) is 0 Å². The van der Waals surface area contributed by atoms with Crippen molar-refractivity contribution >= 4 is 29.3 Å². The van der Waals surface area contributed by atoms with Gasteiger partial charge in [0.05, 0.1) is 37.4 Å². The zero-order valence-electron chi connectivity index (χ0n) is 19.3. The number of carbonyl (C=O) groups is 3. The molecule has 0 aromatic heterocycles. The van der Waals surface area contributed by atoms with Crippen LogP contribution >= 0.6 is 0 Å². The molecule has 0 saturated carbocycles. The fourth-order valence-corrected chi connectivity index (χ4v) is 3.69. The topological polar surface area (TPSA) is 144 Å². The van der Waals surface area contributed by atoms with E-state index >= 15 is 4.39 Å². The van der Waals surface area contributed by atoms with Crippen molar-refractivity contribution in [2.24, 2.45) is 5.73 Å². The van der Waals surface area contributed by atoms with Crippen molar-refractivity contribution in [1.82, 2.24) is 26.6 Å². The molecule has 0 unspecified atom stereocenters. The summed E-state index contributed by atoms with van der Waals surface area (Å²) < 4.78 is 20.3. The molecule has 13 heteroatoms. The van der Waals surface area contributed by atoms with Gasteiger partial charge >= 0.3 is 6.09 Å². The monoisotopic (exact) mass is 478 g/mol. The molecule has 12 nitrogen and oxygen atoms in total. The molecule has 2 aliphatic heterocycles. The predicted molar refractivity (Wildman–Crippen MR) is 124 cm³/mol. The van der Waals surface area contributed by atoms with Gasteiger partial charge in [0, 0.05) is 45.5 Å². The van der Waals surface area contributed by atoms with Gasteiger partial charge in [-0.3, -0.25) is 19.5 Å². The molecule has 2 saturated heterocycles. The summed E-state index contributed by atoms with van der Waals surface area (Å²) in [6, 6.07) is 4.56. The van der Waals surface area contributed by atoms with Gasteiger partial charge in [-0.15, -0.1) is 0 Å². The molecule has 1 aromatic carbocycles. The number of nitrogens with one attached hydrogen (secondary N) is 4. The van der Waals surface area contributed by atoms with Crippen molar-refractivity contribution in [2.45, 2.75) is 19.4 Å². The maximum absolute atomic E-state index is 15.0. The highest BCUT2D eigenvalue weighted by Crippen LogP contribution is 2.28. The Labute approximate surface area is 197 Å². The Bertz CT molecular complexity index is 943. The van der Waals surface area contributed by atoms with E-state index in [1.165, 1.54) is 29.1 Å². The minimum atomic E-state index is -0.589. The zero-order valence-corrected chi connectivity index (χ0v) is 19.3. The molecular formula is C21H31FN8O4. The number of cyclic esters (lactones) is 1. The molecule has 34 heavy (non-hydrogen) atoms. The van der Waals surface area contributed by atoms with E-state index in [0.717, 1.165) is 0 Å². The SMILES string of the molecule is CNN/C=C(\N)CC(=O)N1CCN(c2ccc(N3C[C@H](CNC(C)=O)OC3=O)cc2F)CCN1. The lowest BCUT2D eigenvalue weighted by molar-refractivity contribution is -0.133. The van der Waals surface area contributed by atoms with Gasteiger partial charge in [0.25, 0.3) is 0 Å². The predicted octanol–water partition coefficient (Wildman–Crippen LogP) is -0.646. The van der Waals surface area contributed by atoms with Crippen molar-refractivity contribution in [3.63, 3.8) is 0 Å². The Kier molecular flexibility index (Phi) is 8.49. The van der Waals surface area contributed by atoms with E-state index in [4.69, 9.17) is 10.5 Å². The molecule has 2 aliphatic rings. The number of hydrazine groups is 2. The van der Waals surface area contributed by atoms with Crippen molar-refractivity contribution in [1.29, 1.82) is 0 Å². The lowest BCUT2D eigenvalue weighted by Gasteiger charge is -2.24. The first-order chi connectivity index (χ1) is 16.3. The number of amides is 3. The van der Waals surface area contributed by atoms with Crippen LogP contribution in [0.15, 0.2) is 30.1 Å². The molecule has 0 radical (unpaired) electrons. The lowest BCUT2D eigenvalue weighted by atomic mass is 10.2. The number of hydrogen-bond donors (Lipinski definition) is 5. The van der Waals surface area contributed by atoms with Crippen LogP contribution in [0.1, 0.15) is 13.3 Å². The number of anilines is 2. The third-order valence-electron chi connectivity index (χ3n) is 5.37. The van der Waals surface area contributed by atoms with Gasteiger partial charge in [-0.25, -0.2) is 20.0 Å². The summed E-state index contributed by atoms with van der Waals surface area (Å²) in [6.07, 6.45) is 0.461. The number of halogens is 1. The van der Waals surface area contributed by atoms with Gasteiger partial charge in [0.2, 0.25) is 11.8 Å². The highest BCUT2D eigenvalue weighted by molar-refractivity contribution is 5.90. The van der Waals surface area contributed by atoms with Crippen LogP contribution in [0.4, 0.5) is 20.6 Å². The van der Waals surface area contributed by atoms with E-state index in [9.17, 15) is 14.4 Å². The van der Waals surface area contributed by atoms with Crippen LogP contribution in [-0.2, 0) is 14.3 Å². The first-order valence-electron chi connectivity index (χ1n) is 11.0. The molecule has 0 bridgehead atoms. The number of nitrogens with zero attached hydrogens (tertiary/aromatic N) is 3. The highest BCUT2D eigenvalue weighted by atomic mass is 19.1. The molecule has 1 aromatic rings. The molecule has 3 rings (SSSR count). The number of ether oxygens (including phenoxy) is 1. The second-order valence-electron chi connectivity index (χ2n) is 7.92. The number of rotatable bonds is 8. The van der Waals surface area contributed by atoms with Crippen LogP contribution in [0.3, 0.4) is 0 Å². The zero-order chi connectivity index (χ0) is 24.7. The maximum Gasteiger partial charge on any atom is 0.414 e. The van der Waals surface area contributed by atoms with Crippen molar-refractivity contribution in [3.05, 3.63) is 35.9 Å². The van der Waals surface area contributed by atoms with Crippen LogP contribution in [-0.4, -0.2) is 75.3 Å². The normalized spacial score (nSPS) is 19.0. The van der Waals surface area contributed by atoms with Crippen LogP contribution in [0, 0.1) is 5.82 Å². The van der Waals surface area contributed by atoms with E-state index in [1.54, 1.807) is 19.2 Å². The van der Waals surface area contributed by atoms with Gasteiger partial charge in [0.15, 0.2) is 0 Å². The first kappa shape index (κ1) is 25.1. The van der Waals surface area contributed by atoms with Gasteiger partial charge in [-0.05, 0) is 18.2 Å². The fourth-order valence-electron chi connectivity index (χ4n) is 3.69. The molecule has 1 atom stereocenters. The summed E-state index contributed by atoms with van der Waals surface area (Å²) in [4.78, 5) is 38.9. The molecule has 0 aliphatic carbocycles. The largest absolute Gasteiger partial charge is 0.442 e. The van der Waals surface area contributed by atoms with E-state index in [1.807, 2.05) is 4.90 Å². The minimum absolute atomic E-state index is 0.0413. The van der Waals surface area contributed by atoms with E-state index in [0.29, 0.717) is 43.3 Å². The molecule has 0 spiro atoms. The Morgan fingerprint density at radius 2 is 2.12 bits per heavy atom. The molecule has 2 fully saturated rings. The lowest BCUT2D eigenvalue weighted by Crippen LogP contribution is -2.44. The van der Waals surface area contributed by atoms with Crippen LogP contribution in [0.25, 0.3) is 0 Å². The van der Waals surface area contributed by atoms with Crippen molar-refractivity contribution in [2.75, 3.05) is 56.1 Å². The number of carbonyl (C=O) groups excluding carboxylic acids is 3. The third kappa shape index (κ3) is 6.48. The Morgan fingerprint density at radius 1 is 1.32 bits per heavy atom. The smallest absolute Gasteiger partial charge is 0.414 e. The highest BCUT2D eigenvalue weighted by Gasteiger charge is 2.33. The Morgan fingerprint density at radius 3 is 2.82 bits per heavy atom. The standard InChI is InChI=1S/C21H31FN8O4/c1-14(31)25-12-17-13-29(21(33)34-17)16-3-4-19(18(22)10-16)28-6-5-27-30(8-7-28)20(32)9-15(23)11-26-24-2/h3-4,10-11,17,24,26-27H,5-9,12-13,23H2,1-2H3,(H,25,31)/b15-11-/t17-/m0/s1. The van der Waals surface area contributed by atoms with E-state index < -0.39 is 18.0 Å². The van der Waals surface area contributed by atoms with E-state index in [2.05, 4.69) is 21.6 Å². The minimum Gasteiger partial charge on any atom is -0.442 e. The van der Waals surface area contributed by atoms with Crippen molar-refractivity contribution < 1.29 is 23.5 Å². The number of hydrogen-bond acceptors (Lipinski definition) is 9. The van der Waals surface area contributed by atoms with Crippen LogP contribution in [0.2, 0.25) is 0 Å². The average Bonchev–Trinajstić information content (AvgIpc) is 3.00. The van der Waals surface area contributed by atoms with Gasteiger partial charge in [0.1, 0.15) is 11.9 Å². The summed E-state index contributed by atoms with van der Waals surface area (Å²) in [5.41, 5.74) is 15.4. The summed E-state index contributed by atoms with van der Waals surface area (Å²) in [5, 5.41) is 4.09. The van der Waals surface area contributed by atoms with Gasteiger partial charge < -0.3 is 26.1 Å². The molecule has 3 amide bonds. The summed E-state index contributed by atoms with van der Waals surface area (Å²) in [5.74, 6) is -0.894. The second kappa shape index (κ2) is 11.5. The average molecular weight is 479 g/mol. The first-order valence-corrected chi connectivity index (χ1v) is 11.0. The summed E-state index contributed by atoms with van der Waals surface area (Å²) >= 11 is 0. The molecule has 186 valence electrons. The molecule has 6 N–H and O–H groups in total. The van der Waals surface area contributed by atoms with Crippen molar-refractivity contribution in [3.8, 4) is 0 Å². The Hall–Kier alpha value is -3.58. The van der Waals surface area contributed by atoms with Crippen LogP contribution in [0.5, 0.6) is 0 Å². The second-order valence-corrected chi connectivity index (χ2v) is 7.92. The number of benzene rings is 1. The number of nitrogens with two attached hydrogens (primary N) is 1. The quantitative estimate of drug-likeness (QED) is 0.308. The summed E-state index contributed by atoms with van der Waals surface area (Å²) in [7, 11) is 1.68. The Balaban J connectivity index is 1.60. The van der Waals surface area contributed by atoms with Gasteiger partial charge in [-0.1, -0.05) is 0 Å². The maximum atomic E-state index is 15.0. The van der Waals surface area contributed by atoms with E-state index in [-0.39, 0.29) is 31.3 Å².